The van der Waals surface area contributed by atoms with Crippen LogP contribution in [0.3, 0.4) is 0 Å². The second kappa shape index (κ2) is 6.73. The second-order valence-corrected chi connectivity index (χ2v) is 8.13. The van der Waals surface area contributed by atoms with E-state index < -0.39 is 21.4 Å². The highest BCUT2D eigenvalue weighted by atomic mass is 79.9. The van der Waals surface area contributed by atoms with E-state index >= 15 is 0 Å². The molecule has 1 fully saturated rings. The Balaban J connectivity index is 2.10. The summed E-state index contributed by atoms with van der Waals surface area (Å²) in [5.74, 6) is -0.511. The van der Waals surface area contributed by atoms with Crippen LogP contribution in [0.1, 0.15) is 38.5 Å². The molecule has 0 bridgehead atoms. The first-order chi connectivity index (χ1) is 9.82. The SMILES string of the molecule is O=S(=O)(NCC1(O)CCCCCC1)c1ccc(F)cc1Br. The summed E-state index contributed by atoms with van der Waals surface area (Å²) in [6.07, 6.45) is 5.13. The Morgan fingerprint density at radius 2 is 1.86 bits per heavy atom. The smallest absolute Gasteiger partial charge is 0.241 e. The van der Waals surface area contributed by atoms with Gasteiger partial charge in [0.1, 0.15) is 5.82 Å². The van der Waals surface area contributed by atoms with Crippen LogP contribution in [0.15, 0.2) is 27.6 Å². The highest BCUT2D eigenvalue weighted by molar-refractivity contribution is 9.10. The van der Waals surface area contributed by atoms with Gasteiger partial charge in [0.2, 0.25) is 10.0 Å². The van der Waals surface area contributed by atoms with Crippen molar-refractivity contribution in [2.75, 3.05) is 6.54 Å². The molecule has 1 saturated carbocycles. The van der Waals surface area contributed by atoms with Crippen LogP contribution in [-0.4, -0.2) is 25.7 Å². The van der Waals surface area contributed by atoms with Crippen molar-refractivity contribution in [1.82, 2.24) is 4.72 Å². The number of hydrogen-bond acceptors (Lipinski definition) is 3. The summed E-state index contributed by atoms with van der Waals surface area (Å²) in [6.45, 7) is -0.0147. The van der Waals surface area contributed by atoms with Gasteiger partial charge in [-0.05, 0) is 47.0 Å². The molecule has 0 aromatic heterocycles. The van der Waals surface area contributed by atoms with Gasteiger partial charge in [-0.25, -0.2) is 17.5 Å². The summed E-state index contributed by atoms with van der Waals surface area (Å²) in [7, 11) is -3.78. The van der Waals surface area contributed by atoms with Crippen molar-refractivity contribution < 1.29 is 17.9 Å². The predicted molar refractivity (Wildman–Crippen MR) is 81.9 cm³/mol. The van der Waals surface area contributed by atoms with Crippen molar-refractivity contribution in [2.24, 2.45) is 0 Å². The van der Waals surface area contributed by atoms with Crippen LogP contribution in [0.5, 0.6) is 0 Å². The highest BCUT2D eigenvalue weighted by Crippen LogP contribution is 2.28. The predicted octanol–water partition coefficient (Wildman–Crippen LogP) is 2.95. The zero-order valence-electron chi connectivity index (χ0n) is 11.6. The lowest BCUT2D eigenvalue weighted by atomic mass is 9.95. The molecule has 1 aliphatic carbocycles. The number of sulfonamides is 1. The zero-order chi connectivity index (χ0) is 15.5. The number of nitrogens with one attached hydrogen (secondary N) is 1. The Bertz CT molecular complexity index is 598. The van der Waals surface area contributed by atoms with Gasteiger partial charge >= 0.3 is 0 Å². The van der Waals surface area contributed by atoms with Crippen molar-refractivity contribution in [3.8, 4) is 0 Å². The largest absolute Gasteiger partial charge is 0.389 e. The molecule has 1 aromatic carbocycles. The van der Waals surface area contributed by atoms with Gasteiger partial charge in [-0.3, -0.25) is 0 Å². The fraction of sp³-hybridized carbons (Fsp3) is 0.571. The number of halogens is 2. The molecule has 0 saturated heterocycles. The number of hydrogen-bond donors (Lipinski definition) is 2. The van der Waals surface area contributed by atoms with Crippen LogP contribution in [0, 0.1) is 5.82 Å². The van der Waals surface area contributed by atoms with Crippen LogP contribution in [0.25, 0.3) is 0 Å². The fourth-order valence-electron chi connectivity index (χ4n) is 2.56. The van der Waals surface area contributed by atoms with Gasteiger partial charge in [0.05, 0.1) is 10.5 Å². The minimum absolute atomic E-state index is 0.0147. The first-order valence-corrected chi connectivity index (χ1v) is 9.27. The molecular formula is C14H19BrFNO3S. The molecule has 0 heterocycles. The fourth-order valence-corrected chi connectivity index (χ4v) is 4.73. The molecule has 0 amide bonds. The molecule has 2 rings (SSSR count). The Labute approximate surface area is 132 Å². The lowest BCUT2D eigenvalue weighted by Gasteiger charge is -2.26. The van der Waals surface area contributed by atoms with E-state index in [9.17, 15) is 17.9 Å². The summed E-state index contributed by atoms with van der Waals surface area (Å²) < 4.78 is 40.2. The summed E-state index contributed by atoms with van der Waals surface area (Å²) >= 11 is 3.05. The van der Waals surface area contributed by atoms with Crippen molar-refractivity contribution in [3.05, 3.63) is 28.5 Å². The maximum absolute atomic E-state index is 13.0. The third kappa shape index (κ3) is 4.48. The molecule has 4 nitrogen and oxygen atoms in total. The average molecular weight is 380 g/mol. The molecule has 0 aliphatic heterocycles. The van der Waals surface area contributed by atoms with E-state index in [0.29, 0.717) is 12.8 Å². The Morgan fingerprint density at radius 1 is 1.24 bits per heavy atom. The molecule has 1 aromatic rings. The number of aliphatic hydroxyl groups is 1. The van der Waals surface area contributed by atoms with E-state index in [1.807, 2.05) is 0 Å². The maximum Gasteiger partial charge on any atom is 0.241 e. The van der Waals surface area contributed by atoms with E-state index in [2.05, 4.69) is 20.7 Å². The molecule has 0 radical (unpaired) electrons. The van der Waals surface area contributed by atoms with Crippen LogP contribution < -0.4 is 4.72 Å². The highest BCUT2D eigenvalue weighted by Gasteiger charge is 2.30. The number of rotatable bonds is 4. The molecule has 21 heavy (non-hydrogen) atoms. The van der Waals surface area contributed by atoms with Crippen molar-refractivity contribution >= 4 is 26.0 Å². The molecule has 0 unspecified atom stereocenters. The topological polar surface area (TPSA) is 66.4 Å². The van der Waals surface area contributed by atoms with E-state index in [1.165, 1.54) is 6.07 Å². The second-order valence-electron chi connectivity index (χ2n) is 5.54. The normalized spacial score (nSPS) is 19.2. The molecular weight excluding hydrogens is 361 g/mol. The summed E-state index contributed by atoms with van der Waals surface area (Å²) in [5.41, 5.74) is -0.990. The Kier molecular flexibility index (Phi) is 5.40. The monoisotopic (exact) mass is 379 g/mol. The summed E-state index contributed by atoms with van der Waals surface area (Å²) in [5, 5.41) is 10.5. The zero-order valence-corrected chi connectivity index (χ0v) is 14.0. The maximum atomic E-state index is 13.0. The Hall–Kier alpha value is -0.500. The quantitative estimate of drug-likeness (QED) is 0.790. The third-order valence-electron chi connectivity index (χ3n) is 3.81. The van der Waals surface area contributed by atoms with Gasteiger partial charge in [-0.15, -0.1) is 0 Å². The van der Waals surface area contributed by atoms with E-state index in [-0.39, 0.29) is 15.9 Å². The van der Waals surface area contributed by atoms with Gasteiger partial charge < -0.3 is 5.11 Å². The molecule has 7 heteroatoms. The van der Waals surface area contributed by atoms with Gasteiger partial charge in [0.25, 0.3) is 0 Å². The summed E-state index contributed by atoms with van der Waals surface area (Å²) in [6, 6.07) is 3.41. The molecule has 0 spiro atoms. The van der Waals surface area contributed by atoms with Crippen molar-refractivity contribution in [3.63, 3.8) is 0 Å². The van der Waals surface area contributed by atoms with Crippen molar-refractivity contribution in [2.45, 2.75) is 49.0 Å². The van der Waals surface area contributed by atoms with Gasteiger partial charge in [-0.1, -0.05) is 25.7 Å². The minimum atomic E-state index is -3.78. The van der Waals surface area contributed by atoms with Gasteiger partial charge in [0, 0.05) is 11.0 Å². The third-order valence-corrected chi connectivity index (χ3v) is 6.19. The first kappa shape index (κ1) is 16.9. The number of benzene rings is 1. The lowest BCUT2D eigenvalue weighted by molar-refractivity contribution is 0.0303. The van der Waals surface area contributed by atoms with Crippen LogP contribution in [0.4, 0.5) is 4.39 Å². The van der Waals surface area contributed by atoms with Crippen molar-refractivity contribution in [1.29, 1.82) is 0 Å². The van der Waals surface area contributed by atoms with Crippen LogP contribution in [0.2, 0.25) is 0 Å². The van der Waals surface area contributed by atoms with E-state index in [4.69, 9.17) is 0 Å². The van der Waals surface area contributed by atoms with E-state index in [0.717, 1.165) is 37.8 Å². The molecule has 0 atom stereocenters. The van der Waals surface area contributed by atoms with Gasteiger partial charge in [-0.2, -0.15) is 0 Å². The van der Waals surface area contributed by atoms with Crippen LogP contribution >= 0.6 is 15.9 Å². The Morgan fingerprint density at radius 3 is 2.43 bits per heavy atom. The minimum Gasteiger partial charge on any atom is -0.389 e. The summed E-state index contributed by atoms with van der Waals surface area (Å²) in [4.78, 5) is -0.0267. The average Bonchev–Trinajstić information content (AvgIpc) is 2.62. The standard InChI is InChI=1S/C14H19BrFNO3S/c15-12-9-11(16)5-6-13(12)21(19,20)17-10-14(18)7-3-1-2-4-8-14/h5-6,9,17-18H,1-4,7-8,10H2. The van der Waals surface area contributed by atoms with Crippen LogP contribution in [-0.2, 0) is 10.0 Å². The van der Waals surface area contributed by atoms with E-state index in [1.54, 1.807) is 0 Å². The first-order valence-electron chi connectivity index (χ1n) is 7.00. The molecule has 2 N–H and O–H groups in total. The lowest BCUT2D eigenvalue weighted by Crippen LogP contribution is -2.42. The van der Waals surface area contributed by atoms with Gasteiger partial charge in [0.15, 0.2) is 0 Å². The molecule has 1 aliphatic rings. The molecule has 118 valence electrons.